The molecule has 0 bridgehead atoms. The molecule has 2 aromatic rings. The van der Waals surface area contributed by atoms with Crippen molar-refractivity contribution in [2.75, 3.05) is 19.5 Å². The van der Waals surface area contributed by atoms with Gasteiger partial charge in [0.25, 0.3) is 11.6 Å². The average Bonchev–Trinajstić information content (AvgIpc) is 2.68. The van der Waals surface area contributed by atoms with Crippen LogP contribution in [0.15, 0.2) is 42.5 Å². The summed E-state index contributed by atoms with van der Waals surface area (Å²) in [6.07, 6.45) is 0.735. The van der Waals surface area contributed by atoms with E-state index < -0.39 is 22.4 Å². The molecule has 0 aliphatic carbocycles. The highest BCUT2D eigenvalue weighted by Crippen LogP contribution is 2.29. The van der Waals surface area contributed by atoms with Gasteiger partial charge in [0.2, 0.25) is 5.78 Å². The number of ether oxygens (including phenoxy) is 2. The van der Waals surface area contributed by atoms with Gasteiger partial charge in [0.05, 0.1) is 36.0 Å². The molecule has 0 radical (unpaired) electrons. The number of carbonyl (C=O) groups is 2. The maximum absolute atomic E-state index is 12.2. The molecule has 0 aromatic heterocycles. The number of amides is 1. The summed E-state index contributed by atoms with van der Waals surface area (Å²) in [5, 5.41) is 23.5. The lowest BCUT2D eigenvalue weighted by Crippen LogP contribution is -2.22. The van der Waals surface area contributed by atoms with Crippen molar-refractivity contribution in [2.24, 2.45) is 0 Å². The van der Waals surface area contributed by atoms with E-state index in [4.69, 9.17) is 9.47 Å². The number of nitrogens with one attached hydrogen (secondary N) is 1. The zero-order valence-corrected chi connectivity index (χ0v) is 15.4. The molecular formula is C19H18N2O7. The predicted octanol–water partition coefficient (Wildman–Crippen LogP) is 3.03. The number of methoxy groups -OCH3 is 2. The van der Waals surface area contributed by atoms with Gasteiger partial charge in [-0.1, -0.05) is 6.07 Å². The lowest BCUT2D eigenvalue weighted by molar-refractivity contribution is -0.385. The Bertz CT molecular complexity index is 967. The second kappa shape index (κ2) is 8.67. The molecule has 2 rings (SSSR count). The van der Waals surface area contributed by atoms with E-state index in [2.05, 4.69) is 5.32 Å². The van der Waals surface area contributed by atoms with Gasteiger partial charge in [-0.05, 0) is 31.2 Å². The van der Waals surface area contributed by atoms with Gasteiger partial charge in [-0.3, -0.25) is 19.7 Å². The standard InChI is InChI=1S/C19H18N2O7/c1-11-14(5-4-6-15(11)21(25)26)20-19(24)17(23)10-16(22)13-9-12(27-2)7-8-18(13)28-3/h4-10,22H,1-3H3,(H,20,24). The number of nitrogens with zero attached hydrogens (tertiary/aromatic N) is 1. The molecule has 2 N–H and O–H groups in total. The Hall–Kier alpha value is -3.88. The first-order chi connectivity index (χ1) is 13.3. The van der Waals surface area contributed by atoms with Crippen LogP contribution in [0, 0.1) is 17.0 Å². The Labute approximate surface area is 160 Å². The summed E-state index contributed by atoms with van der Waals surface area (Å²) in [5.41, 5.74) is 0.301. The Morgan fingerprint density at radius 1 is 1.18 bits per heavy atom. The van der Waals surface area contributed by atoms with E-state index in [0.29, 0.717) is 5.75 Å². The molecule has 0 saturated heterocycles. The topological polar surface area (TPSA) is 128 Å². The number of nitro benzene ring substituents is 1. The smallest absolute Gasteiger partial charge is 0.296 e. The zero-order valence-electron chi connectivity index (χ0n) is 15.4. The van der Waals surface area contributed by atoms with E-state index in [0.717, 1.165) is 6.08 Å². The van der Waals surface area contributed by atoms with Crippen LogP contribution in [-0.4, -0.2) is 35.9 Å². The Morgan fingerprint density at radius 3 is 2.50 bits per heavy atom. The Balaban J connectivity index is 2.26. The van der Waals surface area contributed by atoms with E-state index in [1.54, 1.807) is 6.07 Å². The van der Waals surface area contributed by atoms with E-state index >= 15 is 0 Å². The first-order valence-electron chi connectivity index (χ1n) is 8.00. The minimum Gasteiger partial charge on any atom is -0.507 e. The second-order valence-corrected chi connectivity index (χ2v) is 5.62. The minimum absolute atomic E-state index is 0.124. The van der Waals surface area contributed by atoms with Gasteiger partial charge >= 0.3 is 0 Å². The van der Waals surface area contributed by atoms with E-state index in [1.807, 2.05) is 0 Å². The summed E-state index contributed by atoms with van der Waals surface area (Å²) in [6.45, 7) is 1.45. The summed E-state index contributed by atoms with van der Waals surface area (Å²) in [6, 6.07) is 8.69. The molecule has 9 nitrogen and oxygen atoms in total. The number of benzene rings is 2. The highest BCUT2D eigenvalue weighted by Gasteiger charge is 2.19. The van der Waals surface area contributed by atoms with Crippen LogP contribution in [0.2, 0.25) is 0 Å². The summed E-state index contributed by atoms with van der Waals surface area (Å²) in [7, 11) is 2.82. The first kappa shape index (κ1) is 20.4. The fourth-order valence-corrected chi connectivity index (χ4v) is 2.42. The van der Waals surface area contributed by atoms with Gasteiger partial charge in [0, 0.05) is 12.1 Å². The molecule has 2 aromatic carbocycles. The summed E-state index contributed by atoms with van der Waals surface area (Å²) < 4.78 is 10.2. The number of nitro groups is 1. The van der Waals surface area contributed by atoms with Gasteiger partial charge in [0.15, 0.2) is 0 Å². The van der Waals surface area contributed by atoms with Gasteiger partial charge in [-0.15, -0.1) is 0 Å². The normalized spacial score (nSPS) is 10.9. The maximum atomic E-state index is 12.2. The predicted molar refractivity (Wildman–Crippen MR) is 102 cm³/mol. The van der Waals surface area contributed by atoms with Crippen LogP contribution < -0.4 is 14.8 Å². The Kier molecular flexibility index (Phi) is 6.33. The molecule has 0 aliphatic rings. The number of rotatable bonds is 7. The number of aliphatic hydroxyl groups is 1. The monoisotopic (exact) mass is 386 g/mol. The van der Waals surface area contributed by atoms with Crippen LogP contribution in [-0.2, 0) is 9.59 Å². The molecule has 0 fully saturated rings. The van der Waals surface area contributed by atoms with Crippen LogP contribution in [0.4, 0.5) is 11.4 Å². The summed E-state index contributed by atoms with van der Waals surface area (Å²) in [5.74, 6) is -1.91. The SMILES string of the molecule is COc1ccc(OC)c(C(O)=CC(=O)C(=O)Nc2cccc([N+](=O)[O-])c2C)c1. The van der Waals surface area contributed by atoms with Crippen molar-refractivity contribution in [3.8, 4) is 11.5 Å². The quantitative estimate of drug-likeness (QED) is 0.246. The molecule has 146 valence electrons. The third-order valence-corrected chi connectivity index (χ3v) is 3.92. The number of anilines is 1. The number of hydrogen-bond donors (Lipinski definition) is 2. The van der Waals surface area contributed by atoms with Crippen molar-refractivity contribution in [2.45, 2.75) is 6.92 Å². The fourth-order valence-electron chi connectivity index (χ4n) is 2.42. The summed E-state index contributed by atoms with van der Waals surface area (Å²) in [4.78, 5) is 34.7. The Morgan fingerprint density at radius 2 is 1.89 bits per heavy atom. The van der Waals surface area contributed by atoms with Gasteiger partial charge < -0.3 is 19.9 Å². The average molecular weight is 386 g/mol. The molecule has 0 heterocycles. The lowest BCUT2D eigenvalue weighted by atomic mass is 10.1. The summed E-state index contributed by atoms with van der Waals surface area (Å²) >= 11 is 0. The molecule has 0 atom stereocenters. The number of aliphatic hydroxyl groups excluding tert-OH is 1. The fraction of sp³-hybridized carbons (Fsp3) is 0.158. The molecule has 0 saturated carbocycles. The molecule has 0 aliphatic heterocycles. The third kappa shape index (κ3) is 4.44. The molecule has 28 heavy (non-hydrogen) atoms. The van der Waals surface area contributed by atoms with E-state index in [1.165, 1.54) is 51.5 Å². The van der Waals surface area contributed by atoms with Crippen LogP contribution in [0.25, 0.3) is 5.76 Å². The lowest BCUT2D eigenvalue weighted by Gasteiger charge is -2.10. The van der Waals surface area contributed by atoms with Gasteiger partial charge in [-0.25, -0.2) is 0 Å². The zero-order chi connectivity index (χ0) is 20.8. The molecule has 9 heteroatoms. The molecule has 0 spiro atoms. The van der Waals surface area contributed by atoms with Gasteiger partial charge in [0.1, 0.15) is 17.3 Å². The van der Waals surface area contributed by atoms with Crippen LogP contribution >= 0.6 is 0 Å². The second-order valence-electron chi connectivity index (χ2n) is 5.62. The van der Waals surface area contributed by atoms with Gasteiger partial charge in [-0.2, -0.15) is 0 Å². The largest absolute Gasteiger partial charge is 0.507 e. The molecule has 0 unspecified atom stereocenters. The van der Waals surface area contributed by atoms with Crippen molar-refractivity contribution >= 4 is 28.8 Å². The van der Waals surface area contributed by atoms with E-state index in [-0.39, 0.29) is 28.3 Å². The van der Waals surface area contributed by atoms with Crippen molar-refractivity contribution in [3.05, 3.63) is 63.7 Å². The minimum atomic E-state index is -1.06. The number of carbonyl (C=O) groups excluding carboxylic acids is 2. The van der Waals surface area contributed by atoms with Crippen LogP contribution in [0.1, 0.15) is 11.1 Å². The van der Waals surface area contributed by atoms with Crippen LogP contribution in [0.3, 0.4) is 0 Å². The maximum Gasteiger partial charge on any atom is 0.296 e. The van der Waals surface area contributed by atoms with Crippen LogP contribution in [0.5, 0.6) is 11.5 Å². The van der Waals surface area contributed by atoms with Crippen molar-refractivity contribution in [1.82, 2.24) is 0 Å². The number of ketones is 1. The first-order valence-corrected chi connectivity index (χ1v) is 8.00. The van der Waals surface area contributed by atoms with Crippen molar-refractivity contribution in [3.63, 3.8) is 0 Å². The van der Waals surface area contributed by atoms with Crippen molar-refractivity contribution in [1.29, 1.82) is 0 Å². The highest BCUT2D eigenvalue weighted by molar-refractivity contribution is 6.45. The molecular weight excluding hydrogens is 368 g/mol. The third-order valence-electron chi connectivity index (χ3n) is 3.92. The molecule has 1 amide bonds. The van der Waals surface area contributed by atoms with Crippen molar-refractivity contribution < 1.29 is 29.1 Å². The van der Waals surface area contributed by atoms with E-state index in [9.17, 15) is 24.8 Å². The highest BCUT2D eigenvalue weighted by atomic mass is 16.6. The number of hydrogen-bond acceptors (Lipinski definition) is 7.